The molecule has 10 nitrogen and oxygen atoms in total. The Morgan fingerprint density at radius 3 is 2.07 bits per heavy atom. The van der Waals surface area contributed by atoms with E-state index in [0.717, 1.165) is 69.9 Å². The third kappa shape index (κ3) is 7.04. The number of nitrogens with zero attached hydrogens (tertiary/aromatic N) is 4. The fourth-order valence-corrected chi connectivity index (χ4v) is 9.88. The Kier molecular flexibility index (Phi) is 9.46. The lowest BCUT2D eigenvalue weighted by Gasteiger charge is -2.40. The van der Waals surface area contributed by atoms with Gasteiger partial charge in [0.15, 0.2) is 0 Å². The van der Waals surface area contributed by atoms with Crippen molar-refractivity contribution in [3.63, 3.8) is 0 Å². The van der Waals surface area contributed by atoms with Crippen LogP contribution in [0.3, 0.4) is 0 Å². The molecule has 0 unspecified atom stereocenters. The molecule has 0 spiro atoms. The lowest BCUT2D eigenvalue weighted by Crippen LogP contribution is -2.52. The number of phenols is 2. The highest BCUT2D eigenvalue weighted by atomic mass is 16.3. The lowest BCUT2D eigenvalue weighted by atomic mass is 9.69. The van der Waals surface area contributed by atoms with Gasteiger partial charge in [-0.1, -0.05) is 30.3 Å². The van der Waals surface area contributed by atoms with Crippen LogP contribution in [0.4, 0.5) is 11.4 Å². The van der Waals surface area contributed by atoms with Crippen LogP contribution in [0, 0.1) is 5.92 Å². The number of aromatic hydroxyl groups is 2. The third-order valence-corrected chi connectivity index (χ3v) is 12.9. The highest BCUT2D eigenvalue weighted by Gasteiger charge is 2.39. The summed E-state index contributed by atoms with van der Waals surface area (Å²) in [5.74, 6) is 0.970. The molecule has 4 aliphatic heterocycles. The third-order valence-electron chi connectivity index (χ3n) is 12.9. The summed E-state index contributed by atoms with van der Waals surface area (Å²) in [4.78, 5) is 46.4. The Labute approximate surface area is 322 Å². The predicted molar refractivity (Wildman–Crippen MR) is 212 cm³/mol. The van der Waals surface area contributed by atoms with Crippen molar-refractivity contribution in [3.05, 3.63) is 118 Å². The second-order valence-corrected chi connectivity index (χ2v) is 16.1. The molecular formula is C45H49N5O5. The van der Waals surface area contributed by atoms with Crippen molar-refractivity contribution in [2.75, 3.05) is 55.6 Å². The zero-order chi connectivity index (χ0) is 37.6. The van der Waals surface area contributed by atoms with Gasteiger partial charge in [-0.25, -0.2) is 0 Å². The van der Waals surface area contributed by atoms with E-state index in [1.54, 1.807) is 17.0 Å². The average Bonchev–Trinajstić information content (AvgIpc) is 3.53. The number of benzene rings is 4. The molecule has 4 heterocycles. The number of nitrogens with one attached hydrogen (secondary N) is 1. The largest absolute Gasteiger partial charge is 0.508 e. The first-order chi connectivity index (χ1) is 26.8. The SMILES string of the molecule is O=C1CC[C@H](N2Cc3cc(N4CCN(CC5CCN(c6ccc([C@@H]7c8ccc(O)cc8CC[C@@H]7c7ccc(O)cc7)cc6)CC5)CC4)ccc3C2=O)C(=O)N1. The van der Waals surface area contributed by atoms with Crippen LogP contribution in [0.1, 0.15) is 82.1 Å². The number of carbonyl (C=O) groups excluding carboxylic acids is 3. The smallest absolute Gasteiger partial charge is 0.255 e. The van der Waals surface area contributed by atoms with E-state index in [-0.39, 0.29) is 41.7 Å². The maximum absolute atomic E-state index is 13.2. The summed E-state index contributed by atoms with van der Waals surface area (Å²) < 4.78 is 0. The van der Waals surface area contributed by atoms with Crippen molar-refractivity contribution in [1.29, 1.82) is 0 Å². The first-order valence-electron chi connectivity index (χ1n) is 20.0. The van der Waals surface area contributed by atoms with Crippen LogP contribution in [0.15, 0.2) is 84.9 Å². The molecule has 3 atom stereocenters. The zero-order valence-corrected chi connectivity index (χ0v) is 31.2. The van der Waals surface area contributed by atoms with E-state index in [0.29, 0.717) is 30.2 Å². The van der Waals surface area contributed by atoms with Gasteiger partial charge >= 0.3 is 0 Å². The minimum atomic E-state index is -0.592. The van der Waals surface area contributed by atoms with Crippen LogP contribution in [0.25, 0.3) is 0 Å². The Morgan fingerprint density at radius 1 is 0.636 bits per heavy atom. The van der Waals surface area contributed by atoms with Gasteiger partial charge < -0.3 is 24.9 Å². The van der Waals surface area contributed by atoms with Gasteiger partial charge in [-0.2, -0.15) is 0 Å². The van der Waals surface area contributed by atoms with Crippen molar-refractivity contribution >= 4 is 29.1 Å². The number of imide groups is 1. The maximum atomic E-state index is 13.2. The number of piperidine rings is 2. The van der Waals surface area contributed by atoms with Crippen molar-refractivity contribution in [2.24, 2.45) is 5.92 Å². The maximum Gasteiger partial charge on any atom is 0.255 e. The van der Waals surface area contributed by atoms with Crippen molar-refractivity contribution < 1.29 is 24.6 Å². The molecular weight excluding hydrogens is 691 g/mol. The molecule has 4 aromatic carbocycles. The topological polar surface area (TPSA) is 117 Å². The minimum absolute atomic E-state index is 0.128. The van der Waals surface area contributed by atoms with Crippen LogP contribution in [-0.4, -0.2) is 89.6 Å². The van der Waals surface area contributed by atoms with E-state index in [2.05, 4.69) is 68.5 Å². The van der Waals surface area contributed by atoms with Gasteiger partial charge in [0.25, 0.3) is 5.91 Å². The molecule has 3 saturated heterocycles. The standard InChI is InChI=1S/C45H49N5O5/c51-36-9-3-30(4-10-36)38-12-5-32-26-37(52)11-14-39(32)43(38)31-1-6-34(7-2-31)48-19-17-29(18-20-48)27-47-21-23-49(24-22-47)35-8-13-40-33(25-35)28-50(45(40)55)41-15-16-42(53)46-44(41)54/h1-4,6-11,13-14,25-26,29,38,41,43,51-52H,5,12,15-24,27-28H2,(H,46,53,54)/t38-,41+,43+/m1/s1. The molecule has 0 radical (unpaired) electrons. The van der Waals surface area contributed by atoms with Crippen molar-refractivity contribution in [2.45, 2.75) is 62.9 Å². The van der Waals surface area contributed by atoms with Gasteiger partial charge in [-0.15, -0.1) is 0 Å². The minimum Gasteiger partial charge on any atom is -0.508 e. The summed E-state index contributed by atoms with van der Waals surface area (Å²) in [7, 11) is 0. The zero-order valence-electron chi connectivity index (χ0n) is 31.2. The van der Waals surface area contributed by atoms with E-state index in [1.807, 2.05) is 24.3 Å². The Morgan fingerprint density at radius 2 is 1.33 bits per heavy atom. The molecule has 10 heteroatoms. The number of amides is 3. The number of phenolic OH excluding ortho intramolecular Hbond substituents is 2. The molecule has 55 heavy (non-hydrogen) atoms. The predicted octanol–water partition coefficient (Wildman–Crippen LogP) is 5.76. The van der Waals surface area contributed by atoms with E-state index < -0.39 is 6.04 Å². The molecule has 3 N–H and O–H groups in total. The van der Waals surface area contributed by atoms with E-state index in [9.17, 15) is 24.6 Å². The molecule has 4 aromatic rings. The number of carbonyl (C=O) groups is 3. The molecule has 5 aliphatic rings. The monoisotopic (exact) mass is 739 g/mol. The van der Waals surface area contributed by atoms with Gasteiger partial charge in [0.2, 0.25) is 11.8 Å². The van der Waals surface area contributed by atoms with Gasteiger partial charge in [0.1, 0.15) is 17.5 Å². The molecule has 0 aromatic heterocycles. The quantitative estimate of drug-likeness (QED) is 0.205. The van der Waals surface area contributed by atoms with Crippen LogP contribution < -0.4 is 15.1 Å². The number of piperazine rings is 1. The highest BCUT2D eigenvalue weighted by molar-refractivity contribution is 6.05. The van der Waals surface area contributed by atoms with Gasteiger partial charge in [0.05, 0.1) is 0 Å². The molecule has 9 rings (SSSR count). The number of anilines is 2. The highest BCUT2D eigenvalue weighted by Crippen LogP contribution is 2.47. The average molecular weight is 740 g/mol. The summed E-state index contributed by atoms with van der Waals surface area (Å²) in [6.07, 6.45) is 4.88. The van der Waals surface area contributed by atoms with Crippen molar-refractivity contribution in [3.8, 4) is 11.5 Å². The second kappa shape index (κ2) is 14.7. The van der Waals surface area contributed by atoms with Crippen LogP contribution in [0.2, 0.25) is 0 Å². The number of aryl methyl sites for hydroxylation is 1. The number of rotatable bonds is 7. The van der Waals surface area contributed by atoms with Crippen LogP contribution >= 0.6 is 0 Å². The molecule has 0 bridgehead atoms. The summed E-state index contributed by atoms with van der Waals surface area (Å²) >= 11 is 0. The van der Waals surface area contributed by atoms with Crippen molar-refractivity contribution in [1.82, 2.24) is 15.1 Å². The fourth-order valence-electron chi connectivity index (χ4n) is 9.88. The van der Waals surface area contributed by atoms with Crippen LogP contribution in [-0.2, 0) is 22.6 Å². The first kappa shape index (κ1) is 35.4. The molecule has 1 aliphatic carbocycles. The lowest BCUT2D eigenvalue weighted by molar-refractivity contribution is -0.136. The Bertz CT molecular complexity index is 2090. The summed E-state index contributed by atoms with van der Waals surface area (Å²) in [5, 5.41) is 22.6. The molecule has 3 amide bonds. The summed E-state index contributed by atoms with van der Waals surface area (Å²) in [6, 6.07) is 28.1. The number of fused-ring (bicyclic) bond motifs is 2. The van der Waals surface area contributed by atoms with E-state index in [1.165, 1.54) is 40.8 Å². The molecule has 0 saturated carbocycles. The second-order valence-electron chi connectivity index (χ2n) is 16.1. The molecule has 3 fully saturated rings. The van der Waals surface area contributed by atoms with E-state index in [4.69, 9.17) is 0 Å². The number of hydrogen-bond acceptors (Lipinski definition) is 8. The van der Waals surface area contributed by atoms with E-state index >= 15 is 0 Å². The van der Waals surface area contributed by atoms with Gasteiger partial charge in [-0.05, 0) is 126 Å². The number of hydrogen-bond donors (Lipinski definition) is 3. The molecule has 284 valence electrons. The summed E-state index contributed by atoms with van der Waals surface area (Å²) in [5.41, 5.74) is 9.02. The normalized spacial score (nSPS) is 23.5. The van der Waals surface area contributed by atoms with Gasteiger partial charge in [0, 0.05) is 81.6 Å². The van der Waals surface area contributed by atoms with Gasteiger partial charge in [-0.3, -0.25) is 24.6 Å². The first-order valence-corrected chi connectivity index (χ1v) is 20.0. The fraction of sp³-hybridized carbons (Fsp3) is 0.400. The Balaban J connectivity index is 0.783. The summed E-state index contributed by atoms with van der Waals surface area (Å²) in [6.45, 7) is 7.52. The Hall–Kier alpha value is -5.35. The van der Waals surface area contributed by atoms with Crippen LogP contribution in [0.5, 0.6) is 11.5 Å².